The second-order valence-electron chi connectivity index (χ2n) is 3.59. The van der Waals surface area contributed by atoms with Crippen molar-refractivity contribution in [3.8, 4) is 0 Å². The van der Waals surface area contributed by atoms with Crippen LogP contribution in [0.5, 0.6) is 0 Å². The van der Waals surface area contributed by atoms with E-state index in [-0.39, 0.29) is 19.6 Å². The molecular weight excluding hydrogens is 214 g/mol. The van der Waals surface area contributed by atoms with E-state index in [4.69, 9.17) is 5.73 Å². The lowest BCUT2D eigenvalue weighted by Gasteiger charge is -2.24. The van der Waals surface area contributed by atoms with E-state index in [0.717, 1.165) is 0 Å². The van der Waals surface area contributed by atoms with Gasteiger partial charge >= 0.3 is 6.18 Å². The first-order valence-electron chi connectivity index (χ1n) is 4.78. The maximum absolute atomic E-state index is 13.8. The smallest absolute Gasteiger partial charge is 0.381 e. The lowest BCUT2D eigenvalue weighted by molar-refractivity contribution is -0.144. The van der Waals surface area contributed by atoms with Crippen molar-refractivity contribution in [2.24, 2.45) is 5.73 Å². The van der Waals surface area contributed by atoms with Gasteiger partial charge in [0.1, 0.15) is 5.67 Å². The van der Waals surface area contributed by atoms with E-state index in [1.165, 1.54) is 7.11 Å². The van der Waals surface area contributed by atoms with Gasteiger partial charge in [0.2, 0.25) is 0 Å². The Kier molecular flexibility index (Phi) is 6.12. The third-order valence-corrected chi connectivity index (χ3v) is 2.09. The molecule has 6 heteroatoms. The Balaban J connectivity index is 4.11. The van der Waals surface area contributed by atoms with Crippen molar-refractivity contribution in [1.29, 1.82) is 0 Å². The summed E-state index contributed by atoms with van der Waals surface area (Å²) in [7, 11) is 1.27. The maximum atomic E-state index is 13.8. The fourth-order valence-electron chi connectivity index (χ4n) is 1.31. The molecule has 0 amide bonds. The predicted molar refractivity (Wildman–Crippen MR) is 49.3 cm³/mol. The highest BCUT2D eigenvalue weighted by atomic mass is 19.4. The molecule has 1 unspecified atom stereocenters. The van der Waals surface area contributed by atoms with Gasteiger partial charge in [-0.25, -0.2) is 4.39 Å². The highest BCUT2D eigenvalue weighted by molar-refractivity contribution is 4.80. The summed E-state index contributed by atoms with van der Waals surface area (Å²) >= 11 is 0. The van der Waals surface area contributed by atoms with Gasteiger partial charge in [0.05, 0.1) is 6.61 Å². The summed E-state index contributed by atoms with van der Waals surface area (Å²) in [4.78, 5) is 0. The van der Waals surface area contributed by atoms with Crippen LogP contribution in [0.2, 0.25) is 0 Å². The van der Waals surface area contributed by atoms with Crippen molar-refractivity contribution in [3.05, 3.63) is 0 Å². The molecule has 0 aliphatic rings. The van der Waals surface area contributed by atoms with Crippen LogP contribution in [0.25, 0.3) is 0 Å². The molecule has 0 heterocycles. The maximum Gasteiger partial charge on any atom is 0.389 e. The van der Waals surface area contributed by atoms with Crippen LogP contribution in [0, 0.1) is 0 Å². The minimum atomic E-state index is -4.33. The largest absolute Gasteiger partial charge is 0.389 e. The van der Waals surface area contributed by atoms with E-state index in [1.807, 2.05) is 0 Å². The molecule has 0 saturated carbocycles. The van der Waals surface area contributed by atoms with Gasteiger partial charge in [0.15, 0.2) is 0 Å². The number of hydrogen-bond acceptors (Lipinski definition) is 2. The van der Waals surface area contributed by atoms with Crippen LogP contribution in [0.4, 0.5) is 17.6 Å². The van der Waals surface area contributed by atoms with E-state index < -0.39 is 24.7 Å². The number of hydrogen-bond donors (Lipinski definition) is 1. The number of rotatable bonds is 7. The molecule has 2 N–H and O–H groups in total. The van der Waals surface area contributed by atoms with Gasteiger partial charge in [-0.05, 0) is 25.8 Å². The SMILES string of the molecule is COCC(F)(CCCN)CCC(F)(F)F. The molecule has 15 heavy (non-hydrogen) atoms. The molecule has 0 fully saturated rings. The summed E-state index contributed by atoms with van der Waals surface area (Å²) in [5.74, 6) is 0. The van der Waals surface area contributed by atoms with Crippen LogP contribution >= 0.6 is 0 Å². The molecule has 0 radical (unpaired) electrons. The van der Waals surface area contributed by atoms with Crippen molar-refractivity contribution in [1.82, 2.24) is 0 Å². The first kappa shape index (κ1) is 14.6. The highest BCUT2D eigenvalue weighted by Gasteiger charge is 2.36. The minimum absolute atomic E-state index is 0.00736. The third kappa shape index (κ3) is 7.56. The van der Waals surface area contributed by atoms with Gasteiger partial charge < -0.3 is 10.5 Å². The number of halogens is 4. The fraction of sp³-hybridized carbons (Fsp3) is 1.00. The van der Waals surface area contributed by atoms with E-state index in [9.17, 15) is 17.6 Å². The van der Waals surface area contributed by atoms with E-state index in [1.54, 1.807) is 0 Å². The van der Waals surface area contributed by atoms with Crippen molar-refractivity contribution in [3.63, 3.8) is 0 Å². The number of ether oxygens (including phenoxy) is 1. The van der Waals surface area contributed by atoms with Crippen molar-refractivity contribution < 1.29 is 22.3 Å². The zero-order valence-corrected chi connectivity index (χ0v) is 8.74. The van der Waals surface area contributed by atoms with E-state index >= 15 is 0 Å². The minimum Gasteiger partial charge on any atom is -0.381 e. The Morgan fingerprint density at radius 3 is 2.07 bits per heavy atom. The highest BCUT2D eigenvalue weighted by Crippen LogP contribution is 2.31. The molecule has 0 aromatic rings. The second-order valence-corrected chi connectivity index (χ2v) is 3.59. The number of nitrogens with two attached hydrogens (primary N) is 1. The Morgan fingerprint density at radius 1 is 1.07 bits per heavy atom. The van der Waals surface area contributed by atoms with Gasteiger partial charge in [-0.2, -0.15) is 13.2 Å². The van der Waals surface area contributed by atoms with Crippen LogP contribution < -0.4 is 5.73 Å². The van der Waals surface area contributed by atoms with Crippen LogP contribution in [-0.4, -0.2) is 32.1 Å². The Morgan fingerprint density at radius 2 is 1.67 bits per heavy atom. The number of methoxy groups -OCH3 is 1. The van der Waals surface area contributed by atoms with E-state index in [2.05, 4.69) is 4.74 Å². The second kappa shape index (κ2) is 6.27. The summed E-state index contributed by atoms with van der Waals surface area (Å²) in [6, 6.07) is 0. The summed E-state index contributed by atoms with van der Waals surface area (Å²) < 4.78 is 54.2. The molecule has 2 nitrogen and oxygen atoms in total. The topological polar surface area (TPSA) is 35.2 Å². The summed E-state index contributed by atoms with van der Waals surface area (Å²) in [6.45, 7) is -0.0511. The molecular formula is C9H17F4NO. The Hall–Kier alpha value is -0.360. The summed E-state index contributed by atoms with van der Waals surface area (Å²) in [5.41, 5.74) is 3.27. The van der Waals surface area contributed by atoms with Gasteiger partial charge in [-0.1, -0.05) is 0 Å². The molecule has 0 bridgehead atoms. The van der Waals surface area contributed by atoms with Gasteiger partial charge in [-0.3, -0.25) is 0 Å². The molecule has 0 rings (SSSR count). The lowest BCUT2D eigenvalue weighted by atomic mass is 9.95. The van der Waals surface area contributed by atoms with E-state index in [0.29, 0.717) is 6.42 Å². The van der Waals surface area contributed by atoms with Crippen LogP contribution in [-0.2, 0) is 4.74 Å². The van der Waals surface area contributed by atoms with Crippen LogP contribution in [0.3, 0.4) is 0 Å². The monoisotopic (exact) mass is 231 g/mol. The molecule has 1 atom stereocenters. The summed E-state index contributed by atoms with van der Waals surface area (Å²) in [5, 5.41) is 0. The molecule has 0 spiro atoms. The van der Waals surface area contributed by atoms with Crippen LogP contribution in [0.1, 0.15) is 25.7 Å². The van der Waals surface area contributed by atoms with Gasteiger partial charge in [0, 0.05) is 13.5 Å². The van der Waals surface area contributed by atoms with Crippen molar-refractivity contribution in [2.75, 3.05) is 20.3 Å². The number of alkyl halides is 4. The molecule has 0 aliphatic carbocycles. The summed E-state index contributed by atoms with van der Waals surface area (Å²) in [6.07, 6.45) is -5.65. The fourth-order valence-corrected chi connectivity index (χ4v) is 1.31. The first-order chi connectivity index (χ1) is 6.83. The zero-order valence-electron chi connectivity index (χ0n) is 8.74. The molecule has 0 aromatic heterocycles. The third-order valence-electron chi connectivity index (χ3n) is 2.09. The standard InChI is InChI=1S/C9H17F4NO/c1-15-7-8(10,3-2-6-14)4-5-9(11,12)13/h2-7,14H2,1H3. The van der Waals surface area contributed by atoms with Crippen molar-refractivity contribution >= 4 is 0 Å². The Bertz CT molecular complexity index is 174. The van der Waals surface area contributed by atoms with Crippen molar-refractivity contribution in [2.45, 2.75) is 37.5 Å². The molecule has 0 saturated heterocycles. The molecule has 0 aromatic carbocycles. The predicted octanol–water partition coefficient (Wildman–Crippen LogP) is 2.42. The van der Waals surface area contributed by atoms with Gasteiger partial charge in [-0.15, -0.1) is 0 Å². The average Bonchev–Trinajstić information content (AvgIpc) is 2.12. The normalized spacial score (nSPS) is 16.4. The first-order valence-corrected chi connectivity index (χ1v) is 4.78. The Labute approximate surface area is 86.8 Å². The van der Waals surface area contributed by atoms with Crippen LogP contribution in [0.15, 0.2) is 0 Å². The lowest BCUT2D eigenvalue weighted by Crippen LogP contribution is -2.31. The molecule has 0 aliphatic heterocycles. The van der Waals surface area contributed by atoms with Gasteiger partial charge in [0.25, 0.3) is 0 Å². The quantitative estimate of drug-likeness (QED) is 0.683. The zero-order chi connectivity index (χ0) is 11.9. The average molecular weight is 231 g/mol. The molecule has 92 valence electrons.